The van der Waals surface area contributed by atoms with Crippen LogP contribution in [0.4, 0.5) is 0 Å². The van der Waals surface area contributed by atoms with Crippen molar-refractivity contribution in [3.05, 3.63) is 30.1 Å². The first-order valence-corrected chi connectivity index (χ1v) is 9.44. The van der Waals surface area contributed by atoms with Crippen molar-refractivity contribution >= 4 is 47.6 Å². The fourth-order valence-electron chi connectivity index (χ4n) is 2.48. The smallest absolute Gasteiger partial charge is 0.241 e. The number of nitrogens with one attached hydrogen (secondary N) is 2. The largest absolute Gasteiger partial charge is 0.355 e. The molecule has 2 heterocycles. The molecule has 2 N–H and O–H groups in total. The first-order valence-electron chi connectivity index (χ1n) is 8.39. The predicted molar refractivity (Wildman–Crippen MR) is 116 cm³/mol. The SMILES string of the molecule is CN=C(NCC(=O)N(C)CCc1ccccn1)NCC1CCCS1.I. The van der Waals surface area contributed by atoms with Crippen LogP contribution in [0.25, 0.3) is 0 Å². The zero-order valence-electron chi connectivity index (χ0n) is 14.9. The third-order valence-corrected chi connectivity index (χ3v) is 5.41. The summed E-state index contributed by atoms with van der Waals surface area (Å²) in [5, 5.41) is 7.05. The first kappa shape index (κ1) is 22.0. The van der Waals surface area contributed by atoms with Gasteiger partial charge in [0.1, 0.15) is 0 Å². The van der Waals surface area contributed by atoms with Gasteiger partial charge in [-0.25, -0.2) is 0 Å². The number of aliphatic imine (C=N–C) groups is 1. The molecular weight excluding hydrogens is 449 g/mol. The number of nitrogens with zero attached hydrogens (tertiary/aromatic N) is 3. The Hall–Kier alpha value is -1.03. The Balaban J connectivity index is 0.00000312. The summed E-state index contributed by atoms with van der Waals surface area (Å²) in [5.74, 6) is 1.98. The number of rotatable bonds is 7. The van der Waals surface area contributed by atoms with Crippen LogP contribution in [0.2, 0.25) is 0 Å². The van der Waals surface area contributed by atoms with Gasteiger partial charge in [0.2, 0.25) is 5.91 Å². The minimum atomic E-state index is 0. The quantitative estimate of drug-likeness (QED) is 0.356. The molecule has 1 saturated heterocycles. The number of halogens is 1. The molecule has 1 aliphatic heterocycles. The van der Waals surface area contributed by atoms with Gasteiger partial charge in [-0.15, -0.1) is 24.0 Å². The van der Waals surface area contributed by atoms with Crippen molar-refractivity contribution in [1.29, 1.82) is 0 Å². The highest BCUT2D eigenvalue weighted by Gasteiger charge is 2.16. The molecule has 1 fully saturated rings. The number of hydrogen-bond acceptors (Lipinski definition) is 4. The number of hydrogen-bond donors (Lipinski definition) is 2. The highest BCUT2D eigenvalue weighted by Crippen LogP contribution is 2.25. The van der Waals surface area contributed by atoms with Crippen molar-refractivity contribution in [2.24, 2.45) is 4.99 Å². The molecular formula is C17H28IN5OS. The van der Waals surface area contributed by atoms with Crippen molar-refractivity contribution < 1.29 is 4.79 Å². The van der Waals surface area contributed by atoms with Gasteiger partial charge in [0.15, 0.2) is 5.96 Å². The first-order chi connectivity index (χ1) is 11.7. The van der Waals surface area contributed by atoms with Crippen LogP contribution in [0.15, 0.2) is 29.4 Å². The van der Waals surface area contributed by atoms with E-state index in [1.807, 2.05) is 37.0 Å². The average molecular weight is 477 g/mol. The fourth-order valence-corrected chi connectivity index (χ4v) is 3.68. The third kappa shape index (κ3) is 8.26. The topological polar surface area (TPSA) is 69.6 Å². The Bertz CT molecular complexity index is 537. The van der Waals surface area contributed by atoms with Crippen LogP contribution in [0.5, 0.6) is 0 Å². The average Bonchev–Trinajstić information content (AvgIpc) is 3.14. The van der Waals surface area contributed by atoms with E-state index in [-0.39, 0.29) is 36.4 Å². The highest BCUT2D eigenvalue weighted by molar-refractivity contribution is 14.0. The highest BCUT2D eigenvalue weighted by atomic mass is 127. The van der Waals surface area contributed by atoms with Gasteiger partial charge in [-0.3, -0.25) is 14.8 Å². The Morgan fingerprint density at radius 3 is 2.92 bits per heavy atom. The van der Waals surface area contributed by atoms with E-state index in [9.17, 15) is 4.79 Å². The van der Waals surface area contributed by atoms with Crippen LogP contribution in [0.1, 0.15) is 18.5 Å². The van der Waals surface area contributed by atoms with Crippen molar-refractivity contribution in [2.75, 3.05) is 39.5 Å². The molecule has 1 amide bonds. The van der Waals surface area contributed by atoms with Crippen LogP contribution in [0.3, 0.4) is 0 Å². The van der Waals surface area contributed by atoms with Gasteiger partial charge in [0, 0.05) is 50.7 Å². The summed E-state index contributed by atoms with van der Waals surface area (Å²) in [6.07, 6.45) is 5.08. The lowest BCUT2D eigenvalue weighted by Crippen LogP contribution is -2.45. The van der Waals surface area contributed by atoms with E-state index in [4.69, 9.17) is 0 Å². The predicted octanol–water partition coefficient (Wildman–Crippen LogP) is 1.76. The number of pyridine rings is 1. The number of amides is 1. The molecule has 0 aliphatic carbocycles. The van der Waals surface area contributed by atoms with E-state index < -0.39 is 0 Å². The molecule has 0 spiro atoms. The standard InChI is InChI=1S/C17H27N5OS.HI/c1-18-17(20-12-15-7-5-11-24-15)21-13-16(23)22(2)10-8-14-6-3-4-9-19-14;/h3-4,6,9,15H,5,7-8,10-13H2,1-2H3,(H2,18,20,21);1H. The molecule has 8 heteroatoms. The molecule has 6 nitrogen and oxygen atoms in total. The van der Waals surface area contributed by atoms with Crippen molar-refractivity contribution in [1.82, 2.24) is 20.5 Å². The molecule has 0 bridgehead atoms. The van der Waals surface area contributed by atoms with E-state index in [0.717, 1.165) is 18.7 Å². The number of guanidine groups is 1. The molecule has 1 atom stereocenters. The lowest BCUT2D eigenvalue weighted by molar-refractivity contribution is -0.128. The number of thioether (sulfide) groups is 1. The van der Waals surface area contributed by atoms with Gasteiger partial charge in [0.25, 0.3) is 0 Å². The maximum Gasteiger partial charge on any atom is 0.241 e. The number of likely N-dealkylation sites (N-methyl/N-ethyl adjacent to an activating group) is 1. The Morgan fingerprint density at radius 1 is 1.44 bits per heavy atom. The van der Waals surface area contributed by atoms with Crippen LogP contribution in [-0.2, 0) is 11.2 Å². The normalized spacial score (nSPS) is 16.9. The molecule has 0 saturated carbocycles. The van der Waals surface area contributed by atoms with Crippen LogP contribution in [0, 0.1) is 0 Å². The molecule has 1 unspecified atom stereocenters. The zero-order valence-corrected chi connectivity index (χ0v) is 18.0. The second-order valence-electron chi connectivity index (χ2n) is 5.83. The molecule has 0 radical (unpaired) electrons. The van der Waals surface area contributed by atoms with Gasteiger partial charge in [-0.2, -0.15) is 11.8 Å². The van der Waals surface area contributed by atoms with E-state index in [0.29, 0.717) is 17.8 Å². The molecule has 25 heavy (non-hydrogen) atoms. The minimum Gasteiger partial charge on any atom is -0.355 e. The van der Waals surface area contributed by atoms with Crippen molar-refractivity contribution in [2.45, 2.75) is 24.5 Å². The molecule has 2 rings (SSSR count). The van der Waals surface area contributed by atoms with Gasteiger partial charge in [0.05, 0.1) is 6.54 Å². The third-order valence-electron chi connectivity index (χ3n) is 4.01. The second-order valence-corrected chi connectivity index (χ2v) is 7.24. The van der Waals surface area contributed by atoms with E-state index in [1.165, 1.54) is 18.6 Å². The van der Waals surface area contributed by atoms with Crippen LogP contribution in [-0.4, -0.2) is 66.5 Å². The Morgan fingerprint density at radius 2 is 2.28 bits per heavy atom. The van der Waals surface area contributed by atoms with Gasteiger partial charge < -0.3 is 15.5 Å². The van der Waals surface area contributed by atoms with Crippen molar-refractivity contribution in [3.8, 4) is 0 Å². The molecule has 1 aromatic rings. The van der Waals surface area contributed by atoms with Crippen molar-refractivity contribution in [3.63, 3.8) is 0 Å². The van der Waals surface area contributed by atoms with Gasteiger partial charge in [-0.05, 0) is 30.7 Å². The summed E-state index contributed by atoms with van der Waals surface area (Å²) in [4.78, 5) is 22.4. The lowest BCUT2D eigenvalue weighted by atomic mass is 10.2. The maximum absolute atomic E-state index is 12.2. The van der Waals surface area contributed by atoms with Crippen LogP contribution >= 0.6 is 35.7 Å². The Labute approximate surface area is 171 Å². The zero-order chi connectivity index (χ0) is 17.2. The number of carbonyl (C=O) groups is 1. The summed E-state index contributed by atoms with van der Waals surface area (Å²) < 4.78 is 0. The summed E-state index contributed by atoms with van der Waals surface area (Å²) in [6.45, 7) is 1.80. The monoisotopic (exact) mass is 477 g/mol. The molecule has 1 aliphatic rings. The summed E-state index contributed by atoms with van der Waals surface area (Å²) in [7, 11) is 3.55. The summed E-state index contributed by atoms with van der Waals surface area (Å²) in [5.41, 5.74) is 0.997. The second kappa shape index (κ2) is 12.3. The number of aromatic nitrogens is 1. The Kier molecular flexibility index (Phi) is 10.9. The minimum absolute atomic E-state index is 0. The fraction of sp³-hybridized carbons (Fsp3) is 0.588. The molecule has 140 valence electrons. The number of carbonyl (C=O) groups excluding carboxylic acids is 1. The van der Waals surface area contributed by atoms with Gasteiger partial charge in [-0.1, -0.05) is 6.07 Å². The van der Waals surface area contributed by atoms with Crippen LogP contribution < -0.4 is 10.6 Å². The maximum atomic E-state index is 12.2. The molecule has 0 aromatic carbocycles. The molecule has 1 aromatic heterocycles. The van der Waals surface area contributed by atoms with E-state index in [1.54, 1.807) is 18.1 Å². The lowest BCUT2D eigenvalue weighted by Gasteiger charge is -2.19. The summed E-state index contributed by atoms with van der Waals surface area (Å²) in [6, 6.07) is 5.83. The van der Waals surface area contributed by atoms with E-state index in [2.05, 4.69) is 20.6 Å². The van der Waals surface area contributed by atoms with E-state index >= 15 is 0 Å². The van der Waals surface area contributed by atoms with Gasteiger partial charge >= 0.3 is 0 Å². The summed E-state index contributed by atoms with van der Waals surface area (Å²) >= 11 is 2.00.